The lowest BCUT2D eigenvalue weighted by atomic mass is 10.1. The normalized spacial score (nSPS) is 11.7. The first-order valence-electron chi connectivity index (χ1n) is 8.97. The predicted molar refractivity (Wildman–Crippen MR) is 111 cm³/mol. The minimum atomic E-state index is -0.183. The maximum Gasteiger partial charge on any atom is 0.252 e. The van der Waals surface area contributed by atoms with Gasteiger partial charge in [-0.25, -0.2) is 0 Å². The van der Waals surface area contributed by atoms with Crippen LogP contribution in [0.5, 0.6) is 17.2 Å². The highest BCUT2D eigenvalue weighted by Gasteiger charge is 2.13. The fourth-order valence-electron chi connectivity index (χ4n) is 3.16. The summed E-state index contributed by atoms with van der Waals surface area (Å²) in [5.74, 6) is 1.94. The van der Waals surface area contributed by atoms with Crippen LogP contribution >= 0.6 is 11.3 Å². The molecule has 0 aliphatic rings. The number of rotatable bonds is 6. The van der Waals surface area contributed by atoms with E-state index in [0.29, 0.717) is 22.8 Å². The van der Waals surface area contributed by atoms with Gasteiger partial charge in [0.1, 0.15) is 5.75 Å². The van der Waals surface area contributed by atoms with Gasteiger partial charge in [-0.2, -0.15) is 4.99 Å². The van der Waals surface area contributed by atoms with E-state index in [-0.39, 0.29) is 12.3 Å². The highest BCUT2D eigenvalue weighted by atomic mass is 32.1. The van der Waals surface area contributed by atoms with Crippen molar-refractivity contribution in [3.05, 3.63) is 46.3 Å². The van der Waals surface area contributed by atoms with Gasteiger partial charge in [-0.3, -0.25) is 4.79 Å². The van der Waals surface area contributed by atoms with Gasteiger partial charge in [0.25, 0.3) is 5.91 Å². The number of fused-ring (bicyclic) bond motifs is 1. The Balaban J connectivity index is 1.98. The van der Waals surface area contributed by atoms with E-state index in [1.165, 1.54) is 11.3 Å². The molecule has 0 bridgehead atoms. The van der Waals surface area contributed by atoms with Gasteiger partial charge in [0.2, 0.25) is 0 Å². The third kappa shape index (κ3) is 3.89. The van der Waals surface area contributed by atoms with Gasteiger partial charge in [-0.15, -0.1) is 0 Å². The fourth-order valence-corrected chi connectivity index (χ4v) is 4.28. The predicted octanol–water partition coefficient (Wildman–Crippen LogP) is 3.73. The number of aryl methyl sites for hydroxylation is 2. The molecular formula is C21H24N2O4S. The van der Waals surface area contributed by atoms with Crippen molar-refractivity contribution in [1.29, 1.82) is 0 Å². The number of hydrogen-bond acceptors (Lipinski definition) is 5. The second-order valence-electron chi connectivity index (χ2n) is 6.29. The molecule has 1 aromatic heterocycles. The van der Waals surface area contributed by atoms with Gasteiger partial charge in [0.15, 0.2) is 16.3 Å². The molecule has 148 valence electrons. The molecule has 0 spiro atoms. The van der Waals surface area contributed by atoms with Crippen LogP contribution in [-0.4, -0.2) is 31.8 Å². The number of aromatic nitrogens is 1. The van der Waals surface area contributed by atoms with E-state index in [4.69, 9.17) is 14.2 Å². The molecule has 0 N–H and O–H groups in total. The Bertz CT molecular complexity index is 1080. The molecule has 3 aromatic rings. The van der Waals surface area contributed by atoms with Crippen LogP contribution in [0.3, 0.4) is 0 Å². The van der Waals surface area contributed by atoms with Crippen LogP contribution in [0.25, 0.3) is 10.2 Å². The highest BCUT2D eigenvalue weighted by molar-refractivity contribution is 7.16. The van der Waals surface area contributed by atoms with E-state index < -0.39 is 0 Å². The average Bonchev–Trinajstić information content (AvgIpc) is 3.02. The number of carbonyl (C=O) groups is 1. The van der Waals surface area contributed by atoms with Crippen LogP contribution in [0.4, 0.5) is 0 Å². The molecule has 7 heteroatoms. The van der Waals surface area contributed by atoms with E-state index in [1.54, 1.807) is 21.3 Å². The minimum Gasteiger partial charge on any atom is -0.496 e. The molecule has 0 atom stereocenters. The Kier molecular flexibility index (Phi) is 6.04. The summed E-state index contributed by atoms with van der Waals surface area (Å²) >= 11 is 1.47. The van der Waals surface area contributed by atoms with E-state index >= 15 is 0 Å². The molecular weight excluding hydrogens is 376 g/mol. The average molecular weight is 401 g/mol. The molecule has 1 heterocycles. The zero-order valence-corrected chi connectivity index (χ0v) is 17.6. The van der Waals surface area contributed by atoms with Crippen molar-refractivity contribution >= 4 is 27.5 Å². The molecule has 0 aliphatic heterocycles. The lowest BCUT2D eigenvalue weighted by molar-refractivity contribution is -0.117. The van der Waals surface area contributed by atoms with Crippen LogP contribution in [0.2, 0.25) is 0 Å². The van der Waals surface area contributed by atoms with Crippen molar-refractivity contribution in [2.75, 3.05) is 21.3 Å². The monoisotopic (exact) mass is 400 g/mol. The first-order chi connectivity index (χ1) is 13.5. The maximum absolute atomic E-state index is 12.6. The maximum atomic E-state index is 12.6. The summed E-state index contributed by atoms with van der Waals surface area (Å²) in [5.41, 5.74) is 2.88. The topological polar surface area (TPSA) is 62.1 Å². The second kappa shape index (κ2) is 8.48. The Hall–Kier alpha value is -2.80. The number of nitrogens with zero attached hydrogens (tertiary/aromatic N) is 2. The SMILES string of the molecule is CCn1c(=NC(=O)Cc2ccc(OC)c(C)c2)sc2cc(OC)c(OC)cc21. The standard InChI is InChI=1S/C21H24N2O4S/c1-6-23-15-11-17(26-4)18(27-5)12-19(15)28-21(23)22-20(24)10-14-7-8-16(25-3)13(2)9-14/h7-9,11-12H,6,10H2,1-5H3. The number of hydrogen-bond donors (Lipinski definition) is 0. The van der Waals surface area contributed by atoms with Gasteiger partial charge in [-0.1, -0.05) is 23.5 Å². The molecule has 6 nitrogen and oxygen atoms in total. The van der Waals surface area contributed by atoms with Crippen molar-refractivity contribution in [2.45, 2.75) is 26.8 Å². The third-order valence-electron chi connectivity index (χ3n) is 4.54. The van der Waals surface area contributed by atoms with Crippen molar-refractivity contribution in [2.24, 2.45) is 4.99 Å². The van der Waals surface area contributed by atoms with E-state index in [2.05, 4.69) is 4.99 Å². The Morgan fingerprint density at radius 3 is 2.32 bits per heavy atom. The minimum absolute atomic E-state index is 0.183. The van der Waals surface area contributed by atoms with Gasteiger partial charge >= 0.3 is 0 Å². The molecule has 2 aromatic carbocycles. The smallest absolute Gasteiger partial charge is 0.252 e. The molecule has 0 fully saturated rings. The molecule has 0 unspecified atom stereocenters. The van der Waals surface area contributed by atoms with E-state index in [9.17, 15) is 4.79 Å². The first-order valence-corrected chi connectivity index (χ1v) is 9.78. The van der Waals surface area contributed by atoms with Gasteiger partial charge < -0.3 is 18.8 Å². The van der Waals surface area contributed by atoms with Gasteiger partial charge in [0, 0.05) is 18.7 Å². The molecule has 0 aliphatic carbocycles. The Labute approximate surface area is 168 Å². The van der Waals surface area contributed by atoms with Crippen LogP contribution < -0.4 is 19.0 Å². The summed E-state index contributed by atoms with van der Waals surface area (Å²) < 4.78 is 19.1. The van der Waals surface area contributed by atoms with Crippen LogP contribution in [-0.2, 0) is 17.8 Å². The Morgan fingerprint density at radius 2 is 1.71 bits per heavy atom. The zero-order chi connectivity index (χ0) is 20.3. The highest BCUT2D eigenvalue weighted by Crippen LogP contribution is 2.33. The van der Waals surface area contributed by atoms with Crippen molar-refractivity contribution in [3.63, 3.8) is 0 Å². The lowest BCUT2D eigenvalue weighted by Crippen LogP contribution is -2.16. The van der Waals surface area contributed by atoms with Gasteiger partial charge in [0.05, 0.1) is 38.0 Å². The molecule has 0 saturated heterocycles. The number of amides is 1. The molecule has 3 rings (SSSR count). The second-order valence-corrected chi connectivity index (χ2v) is 7.30. The van der Waals surface area contributed by atoms with Gasteiger partial charge in [-0.05, 0) is 31.0 Å². The van der Waals surface area contributed by atoms with Crippen molar-refractivity contribution in [1.82, 2.24) is 4.57 Å². The largest absolute Gasteiger partial charge is 0.496 e. The molecule has 0 saturated carbocycles. The summed E-state index contributed by atoms with van der Waals surface area (Å²) in [7, 11) is 4.85. The summed E-state index contributed by atoms with van der Waals surface area (Å²) in [6.45, 7) is 4.68. The molecule has 28 heavy (non-hydrogen) atoms. The van der Waals surface area contributed by atoms with Crippen LogP contribution in [0.15, 0.2) is 35.3 Å². The number of thiazole rings is 1. The lowest BCUT2D eigenvalue weighted by Gasteiger charge is -2.08. The fraction of sp³-hybridized carbons (Fsp3) is 0.333. The summed E-state index contributed by atoms with van der Waals surface area (Å²) in [6.07, 6.45) is 0.245. The molecule has 1 amide bonds. The first kappa shape index (κ1) is 19.9. The summed E-state index contributed by atoms with van der Waals surface area (Å²) in [5, 5.41) is 0. The number of benzene rings is 2. The zero-order valence-electron chi connectivity index (χ0n) is 16.7. The van der Waals surface area contributed by atoms with Crippen molar-refractivity contribution in [3.8, 4) is 17.2 Å². The summed E-state index contributed by atoms with van der Waals surface area (Å²) in [4.78, 5) is 17.6. The van der Waals surface area contributed by atoms with E-state index in [0.717, 1.165) is 27.1 Å². The Morgan fingerprint density at radius 1 is 1.04 bits per heavy atom. The number of carbonyl (C=O) groups excluding carboxylic acids is 1. The third-order valence-corrected chi connectivity index (χ3v) is 5.58. The van der Waals surface area contributed by atoms with E-state index in [1.807, 2.05) is 48.7 Å². The number of ether oxygens (including phenoxy) is 3. The van der Waals surface area contributed by atoms with Crippen LogP contribution in [0, 0.1) is 6.92 Å². The van der Waals surface area contributed by atoms with Crippen LogP contribution in [0.1, 0.15) is 18.1 Å². The summed E-state index contributed by atoms with van der Waals surface area (Å²) in [6, 6.07) is 9.57. The van der Waals surface area contributed by atoms with Crippen molar-refractivity contribution < 1.29 is 19.0 Å². The molecule has 0 radical (unpaired) electrons. The number of methoxy groups -OCH3 is 3. The quantitative estimate of drug-likeness (QED) is 0.633.